The normalized spacial score (nSPS) is 18.7. The van der Waals surface area contributed by atoms with E-state index in [9.17, 15) is 13.2 Å². The predicted octanol–water partition coefficient (Wildman–Crippen LogP) is 3.31. The van der Waals surface area contributed by atoms with Crippen molar-refractivity contribution in [3.8, 4) is 5.75 Å². The number of nitrogens with zero attached hydrogens (tertiary/aromatic N) is 3. The number of rotatable bonds is 11. The molecule has 0 aliphatic carbocycles. The summed E-state index contributed by atoms with van der Waals surface area (Å²) in [5.74, 6) is 2.15. The van der Waals surface area contributed by atoms with Crippen LogP contribution in [0.2, 0.25) is 0 Å². The summed E-state index contributed by atoms with van der Waals surface area (Å²) >= 11 is 0. The maximum Gasteiger partial charge on any atom is 0.248 e. The van der Waals surface area contributed by atoms with Gasteiger partial charge in [-0.15, -0.1) is 0 Å². The number of amides is 1. The molecule has 0 spiro atoms. The molecule has 2 saturated heterocycles. The van der Waals surface area contributed by atoms with Crippen molar-refractivity contribution in [2.45, 2.75) is 57.8 Å². The first-order valence-electron chi connectivity index (χ1n) is 13.4. The van der Waals surface area contributed by atoms with Gasteiger partial charge in [0.2, 0.25) is 15.9 Å². The Morgan fingerprint density at radius 1 is 1.03 bits per heavy atom. The molecule has 2 aliphatic heterocycles. The van der Waals surface area contributed by atoms with Gasteiger partial charge in [-0.2, -0.15) is 4.31 Å². The van der Waals surface area contributed by atoms with Crippen molar-refractivity contribution >= 4 is 15.9 Å². The van der Waals surface area contributed by atoms with Gasteiger partial charge in [-0.3, -0.25) is 4.79 Å². The second kappa shape index (κ2) is 13.2. The van der Waals surface area contributed by atoms with Crippen LogP contribution < -0.4 is 4.74 Å². The van der Waals surface area contributed by atoms with Crippen molar-refractivity contribution in [2.75, 3.05) is 66.6 Å². The first-order chi connectivity index (χ1) is 17.2. The number of sulfonamides is 1. The first-order valence-corrected chi connectivity index (χ1v) is 14.8. The fraction of sp³-hybridized carbons (Fsp3) is 0.741. The highest BCUT2D eigenvalue weighted by Crippen LogP contribution is 2.32. The molecule has 1 aromatic rings. The molecule has 2 fully saturated rings. The Kier molecular flexibility index (Phi) is 10.6. The summed E-state index contributed by atoms with van der Waals surface area (Å²) in [5, 5.41) is 0. The lowest BCUT2D eigenvalue weighted by Gasteiger charge is -2.40. The van der Waals surface area contributed by atoms with Gasteiger partial charge in [0, 0.05) is 26.7 Å². The molecule has 0 aromatic heterocycles. The van der Waals surface area contributed by atoms with E-state index in [1.165, 1.54) is 43.2 Å². The number of ether oxygens (including phenoxy) is 2. The number of likely N-dealkylation sites (N-methyl/N-ethyl adjacent to an activating group) is 1. The highest BCUT2D eigenvalue weighted by atomic mass is 32.2. The van der Waals surface area contributed by atoms with Crippen molar-refractivity contribution in [2.24, 2.45) is 11.8 Å². The van der Waals surface area contributed by atoms with Crippen LogP contribution in [0.3, 0.4) is 0 Å². The quantitative estimate of drug-likeness (QED) is 0.414. The van der Waals surface area contributed by atoms with Gasteiger partial charge in [0.1, 0.15) is 12.4 Å². The smallest absolute Gasteiger partial charge is 0.248 e. The Labute approximate surface area is 218 Å². The van der Waals surface area contributed by atoms with Crippen molar-refractivity contribution in [1.82, 2.24) is 14.1 Å². The lowest BCUT2D eigenvalue weighted by atomic mass is 9.79. The maximum atomic E-state index is 13.1. The minimum atomic E-state index is -3.67. The van der Waals surface area contributed by atoms with Gasteiger partial charge in [-0.25, -0.2) is 8.42 Å². The molecular weight excluding hydrogens is 478 g/mol. The van der Waals surface area contributed by atoms with Crippen molar-refractivity contribution in [3.63, 3.8) is 0 Å². The molecule has 2 aliphatic rings. The van der Waals surface area contributed by atoms with Crippen LogP contribution in [0.15, 0.2) is 17.0 Å². The van der Waals surface area contributed by atoms with E-state index in [4.69, 9.17) is 9.47 Å². The second-order valence-corrected chi connectivity index (χ2v) is 12.3. The van der Waals surface area contributed by atoms with Crippen LogP contribution in [0.1, 0.15) is 50.2 Å². The summed E-state index contributed by atoms with van der Waals surface area (Å²) in [4.78, 5) is 17.4. The van der Waals surface area contributed by atoms with Crippen LogP contribution >= 0.6 is 0 Å². The third-order valence-corrected chi connectivity index (χ3v) is 10.0. The molecule has 0 bridgehead atoms. The predicted molar refractivity (Wildman–Crippen MR) is 142 cm³/mol. The Morgan fingerprint density at radius 3 is 2.11 bits per heavy atom. The summed E-state index contributed by atoms with van der Waals surface area (Å²) in [7, 11) is -0.566. The van der Waals surface area contributed by atoms with Gasteiger partial charge < -0.3 is 19.3 Å². The molecule has 1 amide bonds. The molecule has 0 N–H and O–H groups in total. The van der Waals surface area contributed by atoms with Gasteiger partial charge in [-0.1, -0.05) is 6.92 Å². The minimum Gasteiger partial charge on any atom is -0.497 e. The fourth-order valence-electron chi connectivity index (χ4n) is 5.74. The Morgan fingerprint density at radius 2 is 1.58 bits per heavy atom. The van der Waals surface area contributed by atoms with Crippen LogP contribution in [0.25, 0.3) is 0 Å². The molecule has 9 heteroatoms. The van der Waals surface area contributed by atoms with E-state index in [1.54, 1.807) is 40.1 Å². The van der Waals surface area contributed by atoms with E-state index in [2.05, 4.69) is 11.8 Å². The molecule has 0 atom stereocenters. The molecule has 204 valence electrons. The van der Waals surface area contributed by atoms with E-state index in [1.807, 2.05) is 4.90 Å². The van der Waals surface area contributed by atoms with Crippen LogP contribution in [-0.4, -0.2) is 95.1 Å². The van der Waals surface area contributed by atoms with E-state index < -0.39 is 10.0 Å². The monoisotopic (exact) mass is 523 g/mol. The molecule has 3 rings (SSSR count). The number of piperidine rings is 2. The van der Waals surface area contributed by atoms with Gasteiger partial charge in [0.25, 0.3) is 0 Å². The number of hydrogen-bond donors (Lipinski definition) is 0. The number of aryl methyl sites for hydroxylation is 2. The van der Waals surface area contributed by atoms with Gasteiger partial charge in [-0.05, 0) is 101 Å². The Bertz CT molecular complexity index is 945. The third-order valence-electron chi connectivity index (χ3n) is 7.84. The van der Waals surface area contributed by atoms with Gasteiger partial charge in [0.15, 0.2) is 0 Å². The molecule has 36 heavy (non-hydrogen) atoms. The van der Waals surface area contributed by atoms with Crippen LogP contribution in [0, 0.1) is 25.7 Å². The van der Waals surface area contributed by atoms with Gasteiger partial charge in [0.05, 0.1) is 18.6 Å². The zero-order valence-electron chi connectivity index (χ0n) is 22.8. The topological polar surface area (TPSA) is 79.4 Å². The molecular formula is C27H45N3O5S. The minimum absolute atomic E-state index is 0.00133. The van der Waals surface area contributed by atoms with Gasteiger partial charge >= 0.3 is 0 Å². The van der Waals surface area contributed by atoms with E-state index in [0.717, 1.165) is 37.8 Å². The largest absolute Gasteiger partial charge is 0.497 e. The lowest BCUT2D eigenvalue weighted by Crippen LogP contribution is -2.44. The lowest BCUT2D eigenvalue weighted by molar-refractivity contribution is -0.137. The number of benzene rings is 1. The maximum absolute atomic E-state index is 13.1. The van der Waals surface area contributed by atoms with Crippen LogP contribution in [0.5, 0.6) is 5.75 Å². The molecule has 8 nitrogen and oxygen atoms in total. The molecule has 1 aromatic carbocycles. The van der Waals surface area contributed by atoms with E-state index in [-0.39, 0.29) is 25.7 Å². The van der Waals surface area contributed by atoms with Crippen molar-refractivity contribution in [1.29, 1.82) is 0 Å². The zero-order chi connectivity index (χ0) is 26.3. The summed E-state index contributed by atoms with van der Waals surface area (Å²) < 4.78 is 38.4. The zero-order valence-corrected chi connectivity index (χ0v) is 23.6. The standard InChI is InChI=1S/C27H45N3O5S/c1-6-11-29-12-7-23(8-13-29)24-9-14-30(15-10-24)26(31)20-35-17-16-28(4)36(32,33)27-21(2)18-25(34-5)19-22(27)3/h18-19,23-24H,6-17,20H2,1-5H3. The third kappa shape index (κ3) is 7.21. The first kappa shape index (κ1) is 28.9. The Hall–Kier alpha value is -1.68. The van der Waals surface area contributed by atoms with E-state index >= 15 is 0 Å². The highest BCUT2D eigenvalue weighted by molar-refractivity contribution is 7.89. The molecule has 0 saturated carbocycles. The molecule has 0 unspecified atom stereocenters. The number of likely N-dealkylation sites (tertiary alicyclic amines) is 2. The highest BCUT2D eigenvalue weighted by Gasteiger charge is 2.31. The number of hydrogen-bond acceptors (Lipinski definition) is 6. The van der Waals surface area contributed by atoms with Crippen molar-refractivity contribution in [3.05, 3.63) is 23.3 Å². The number of carbonyl (C=O) groups is 1. The average molecular weight is 524 g/mol. The SMILES string of the molecule is CCCN1CCC(C2CCN(C(=O)COCCN(C)S(=O)(=O)c3c(C)cc(OC)cc3C)CC2)CC1. The summed E-state index contributed by atoms with van der Waals surface area (Å²) in [6, 6.07) is 3.45. The molecule has 0 radical (unpaired) electrons. The number of methoxy groups -OCH3 is 1. The number of carbonyl (C=O) groups excluding carboxylic acids is 1. The summed E-state index contributed by atoms with van der Waals surface area (Å²) in [6.45, 7) is 11.4. The average Bonchev–Trinajstić information content (AvgIpc) is 2.86. The van der Waals surface area contributed by atoms with Crippen LogP contribution in [-0.2, 0) is 19.6 Å². The fourth-order valence-corrected chi connectivity index (χ4v) is 7.30. The second-order valence-electron chi connectivity index (χ2n) is 10.4. The van der Waals surface area contributed by atoms with E-state index in [0.29, 0.717) is 21.8 Å². The van der Waals surface area contributed by atoms with Crippen molar-refractivity contribution < 1.29 is 22.7 Å². The summed E-state index contributed by atoms with van der Waals surface area (Å²) in [5.41, 5.74) is 1.29. The molecule has 2 heterocycles. The summed E-state index contributed by atoms with van der Waals surface area (Å²) in [6.07, 6.45) is 5.94. The Balaban J connectivity index is 1.39. The van der Waals surface area contributed by atoms with Crippen LogP contribution in [0.4, 0.5) is 0 Å².